The molecule has 26 heavy (non-hydrogen) atoms. The topological polar surface area (TPSA) is 106 Å². The lowest BCUT2D eigenvalue weighted by atomic mass is 10.1. The highest BCUT2D eigenvalue weighted by Crippen LogP contribution is 2.26. The van der Waals surface area contributed by atoms with Crippen molar-refractivity contribution >= 4 is 28.4 Å². The van der Waals surface area contributed by atoms with Gasteiger partial charge in [0.15, 0.2) is 11.2 Å². The molecule has 0 fully saturated rings. The first-order valence-electron chi connectivity index (χ1n) is 8.20. The number of carbonyl (C=O) groups is 1. The van der Waals surface area contributed by atoms with Crippen LogP contribution in [0.4, 0.5) is 11.4 Å². The van der Waals surface area contributed by atoms with Crippen LogP contribution in [0.2, 0.25) is 0 Å². The summed E-state index contributed by atoms with van der Waals surface area (Å²) in [6, 6.07) is 8.98. The largest absolute Gasteiger partial charge is 0.477 e. The van der Waals surface area contributed by atoms with E-state index in [0.29, 0.717) is 11.1 Å². The van der Waals surface area contributed by atoms with Crippen molar-refractivity contribution in [1.29, 1.82) is 0 Å². The molecule has 8 nitrogen and oxygen atoms in total. The van der Waals surface area contributed by atoms with Crippen LogP contribution in [0.1, 0.15) is 30.1 Å². The summed E-state index contributed by atoms with van der Waals surface area (Å²) in [5.74, 6) is -1.35. The molecule has 0 unspecified atom stereocenters. The second-order valence-corrected chi connectivity index (χ2v) is 5.59. The summed E-state index contributed by atoms with van der Waals surface area (Å²) >= 11 is 0. The number of pyridine rings is 1. The number of nitrogens with one attached hydrogen (secondary N) is 1. The summed E-state index contributed by atoms with van der Waals surface area (Å²) in [7, 11) is 0. The highest BCUT2D eigenvalue weighted by atomic mass is 16.7. The van der Waals surface area contributed by atoms with Crippen molar-refractivity contribution in [2.75, 3.05) is 11.9 Å². The minimum Gasteiger partial charge on any atom is -0.477 e. The van der Waals surface area contributed by atoms with Gasteiger partial charge in [0.05, 0.1) is 11.1 Å². The molecule has 1 aromatic carbocycles. The average molecular weight is 354 g/mol. The van der Waals surface area contributed by atoms with E-state index in [1.165, 1.54) is 12.5 Å². The standard InChI is InChI=1S/C18H18N4O4/c1-2-3-9-26-22-16-13(10-19-11-20-16)15(14(17(22)23)18(24)25)21-12-7-5-4-6-8-12/h4-8,10-11,21H,2-3,9H2,1H3,(H,24,25). The average Bonchev–Trinajstić information content (AvgIpc) is 2.65. The van der Waals surface area contributed by atoms with Gasteiger partial charge in [-0.1, -0.05) is 31.5 Å². The van der Waals surface area contributed by atoms with Crippen LogP contribution in [-0.4, -0.2) is 32.4 Å². The SMILES string of the molecule is CCCCOn1c(=O)c(C(=O)O)c(Nc2ccccc2)c2cncnc21. The number of carboxylic acids is 1. The third-order valence-corrected chi connectivity index (χ3v) is 3.78. The smallest absolute Gasteiger partial charge is 0.343 e. The molecule has 0 spiro atoms. The van der Waals surface area contributed by atoms with Gasteiger partial charge in [0, 0.05) is 11.9 Å². The molecule has 3 rings (SSSR count). The molecule has 134 valence electrons. The second kappa shape index (κ2) is 7.64. The molecule has 0 aliphatic carbocycles. The van der Waals surface area contributed by atoms with Gasteiger partial charge in [-0.15, -0.1) is 4.73 Å². The van der Waals surface area contributed by atoms with E-state index in [2.05, 4.69) is 15.3 Å². The Bertz CT molecular complexity index is 986. The van der Waals surface area contributed by atoms with Gasteiger partial charge in [-0.2, -0.15) is 0 Å². The highest BCUT2D eigenvalue weighted by Gasteiger charge is 2.24. The zero-order chi connectivity index (χ0) is 18.5. The van der Waals surface area contributed by atoms with E-state index in [0.717, 1.165) is 17.6 Å². The van der Waals surface area contributed by atoms with E-state index in [9.17, 15) is 14.7 Å². The summed E-state index contributed by atoms with van der Waals surface area (Å²) < 4.78 is 0.937. The number of hydrogen-bond acceptors (Lipinski definition) is 6. The molecular formula is C18H18N4O4. The predicted molar refractivity (Wildman–Crippen MR) is 96.8 cm³/mol. The number of carboxylic acid groups (broad SMARTS) is 1. The maximum absolute atomic E-state index is 12.8. The van der Waals surface area contributed by atoms with Crippen molar-refractivity contribution in [3.8, 4) is 0 Å². The fourth-order valence-electron chi connectivity index (χ4n) is 2.51. The Morgan fingerprint density at radius 2 is 2.08 bits per heavy atom. The third-order valence-electron chi connectivity index (χ3n) is 3.78. The molecule has 2 aromatic heterocycles. The van der Waals surface area contributed by atoms with E-state index in [1.807, 2.05) is 13.0 Å². The normalized spacial score (nSPS) is 10.7. The maximum Gasteiger partial charge on any atom is 0.343 e. The highest BCUT2D eigenvalue weighted by molar-refractivity contribution is 6.04. The van der Waals surface area contributed by atoms with Gasteiger partial charge in [-0.05, 0) is 18.6 Å². The molecule has 0 aliphatic heterocycles. The number of benzene rings is 1. The number of para-hydroxylation sites is 1. The van der Waals surface area contributed by atoms with Crippen LogP contribution in [0.25, 0.3) is 11.0 Å². The van der Waals surface area contributed by atoms with Crippen molar-refractivity contribution < 1.29 is 14.7 Å². The quantitative estimate of drug-likeness (QED) is 0.628. The number of unbranched alkanes of at least 4 members (excludes halogenated alkanes) is 1. The first-order valence-corrected chi connectivity index (χ1v) is 8.20. The number of aromatic nitrogens is 3. The Labute approximate surface area is 149 Å². The van der Waals surface area contributed by atoms with Gasteiger partial charge in [-0.3, -0.25) is 4.79 Å². The van der Waals surface area contributed by atoms with E-state index >= 15 is 0 Å². The summed E-state index contributed by atoms with van der Waals surface area (Å²) in [4.78, 5) is 38.2. The molecule has 2 N–H and O–H groups in total. The number of aromatic carboxylic acids is 1. The molecule has 0 amide bonds. The lowest BCUT2D eigenvalue weighted by Gasteiger charge is -2.16. The molecule has 0 bridgehead atoms. The zero-order valence-corrected chi connectivity index (χ0v) is 14.2. The van der Waals surface area contributed by atoms with Crippen LogP contribution in [0.15, 0.2) is 47.7 Å². The number of rotatable bonds is 7. The van der Waals surface area contributed by atoms with E-state index in [1.54, 1.807) is 24.3 Å². The van der Waals surface area contributed by atoms with Gasteiger partial charge >= 0.3 is 11.5 Å². The molecular weight excluding hydrogens is 336 g/mol. The van der Waals surface area contributed by atoms with Gasteiger partial charge in [0.2, 0.25) is 0 Å². The summed E-state index contributed by atoms with van der Waals surface area (Å²) in [6.07, 6.45) is 4.35. The zero-order valence-electron chi connectivity index (χ0n) is 14.2. The van der Waals surface area contributed by atoms with Gasteiger partial charge in [0.1, 0.15) is 12.9 Å². The van der Waals surface area contributed by atoms with Crippen LogP contribution in [0.5, 0.6) is 0 Å². The Balaban J connectivity index is 2.23. The van der Waals surface area contributed by atoms with Crippen LogP contribution in [0.3, 0.4) is 0 Å². The molecule has 8 heteroatoms. The van der Waals surface area contributed by atoms with Gasteiger partial charge in [-0.25, -0.2) is 14.8 Å². The molecule has 0 saturated carbocycles. The molecule has 0 aliphatic rings. The van der Waals surface area contributed by atoms with Crippen molar-refractivity contribution in [3.05, 3.63) is 58.8 Å². The first kappa shape index (κ1) is 17.4. The third kappa shape index (κ3) is 3.34. The van der Waals surface area contributed by atoms with Crippen LogP contribution in [0, 0.1) is 0 Å². The molecule has 3 aromatic rings. The van der Waals surface area contributed by atoms with Crippen molar-refractivity contribution in [2.24, 2.45) is 0 Å². The van der Waals surface area contributed by atoms with Crippen molar-refractivity contribution in [1.82, 2.24) is 14.7 Å². The minimum atomic E-state index is -1.35. The Morgan fingerprint density at radius 3 is 2.77 bits per heavy atom. The van der Waals surface area contributed by atoms with E-state index < -0.39 is 17.1 Å². The molecule has 0 atom stereocenters. The number of fused-ring (bicyclic) bond motifs is 1. The first-order chi connectivity index (χ1) is 12.6. The van der Waals surface area contributed by atoms with Crippen LogP contribution >= 0.6 is 0 Å². The fraction of sp³-hybridized carbons (Fsp3) is 0.222. The van der Waals surface area contributed by atoms with Crippen molar-refractivity contribution in [2.45, 2.75) is 19.8 Å². The van der Waals surface area contributed by atoms with E-state index in [-0.39, 0.29) is 17.9 Å². The van der Waals surface area contributed by atoms with Gasteiger partial charge < -0.3 is 15.3 Å². The number of anilines is 2. The Morgan fingerprint density at radius 1 is 1.31 bits per heavy atom. The number of nitrogens with zero attached hydrogens (tertiary/aromatic N) is 3. The fourth-order valence-corrected chi connectivity index (χ4v) is 2.51. The van der Waals surface area contributed by atoms with Crippen LogP contribution < -0.4 is 15.7 Å². The molecule has 2 heterocycles. The predicted octanol–water partition coefficient (Wildman–Crippen LogP) is 2.46. The summed E-state index contributed by atoms with van der Waals surface area (Å²) in [5.41, 5.74) is -0.209. The number of hydrogen-bond donors (Lipinski definition) is 2. The summed E-state index contributed by atoms with van der Waals surface area (Å²) in [6.45, 7) is 2.27. The van der Waals surface area contributed by atoms with Gasteiger partial charge in [0.25, 0.3) is 0 Å². The Hall–Kier alpha value is -3.42. The lowest BCUT2D eigenvalue weighted by molar-refractivity contribution is 0.0682. The summed E-state index contributed by atoms with van der Waals surface area (Å²) in [5, 5.41) is 13.0. The van der Waals surface area contributed by atoms with Crippen LogP contribution in [-0.2, 0) is 0 Å². The molecule has 0 radical (unpaired) electrons. The second-order valence-electron chi connectivity index (χ2n) is 5.59. The minimum absolute atomic E-state index is 0.139. The monoisotopic (exact) mass is 354 g/mol. The molecule has 0 saturated heterocycles. The maximum atomic E-state index is 12.8. The Kier molecular flexibility index (Phi) is 5.12. The van der Waals surface area contributed by atoms with E-state index in [4.69, 9.17) is 4.84 Å². The lowest BCUT2D eigenvalue weighted by Crippen LogP contribution is -2.33. The van der Waals surface area contributed by atoms with Crippen molar-refractivity contribution in [3.63, 3.8) is 0 Å².